The molecule has 18 heavy (non-hydrogen) atoms. The van der Waals surface area contributed by atoms with E-state index in [1.54, 1.807) is 4.90 Å². The van der Waals surface area contributed by atoms with E-state index in [4.69, 9.17) is 0 Å². The van der Waals surface area contributed by atoms with Gasteiger partial charge in [0.1, 0.15) is 6.04 Å². The van der Waals surface area contributed by atoms with E-state index < -0.39 is 0 Å². The maximum Gasteiger partial charge on any atom is 0.240 e. The maximum absolute atomic E-state index is 12.2. The number of rotatable bonds is 4. The van der Waals surface area contributed by atoms with Gasteiger partial charge in [0.05, 0.1) is 0 Å². The highest BCUT2D eigenvalue weighted by Crippen LogP contribution is 2.32. The minimum atomic E-state index is 0.0313. The molecule has 2 rings (SSSR count). The minimum absolute atomic E-state index is 0.0313. The minimum Gasteiger partial charge on any atom is -0.347 e. The molecular weight excluding hydrogens is 226 g/mol. The first kappa shape index (κ1) is 13.8. The van der Waals surface area contributed by atoms with Gasteiger partial charge in [-0.05, 0) is 19.3 Å². The molecule has 2 unspecified atom stereocenters. The van der Waals surface area contributed by atoms with E-state index in [2.05, 4.69) is 17.1 Å². The molecule has 0 bridgehead atoms. The van der Waals surface area contributed by atoms with Gasteiger partial charge in [0.15, 0.2) is 0 Å². The summed E-state index contributed by atoms with van der Waals surface area (Å²) in [5.41, 5.74) is 0. The Morgan fingerprint density at radius 3 is 2.72 bits per heavy atom. The summed E-state index contributed by atoms with van der Waals surface area (Å²) in [5, 5.41) is 3.35. The highest BCUT2D eigenvalue weighted by molar-refractivity contribution is 5.81. The fraction of sp³-hybridized carbons (Fsp3) is 0.929. The van der Waals surface area contributed by atoms with Crippen LogP contribution in [0.2, 0.25) is 0 Å². The second kappa shape index (κ2) is 6.02. The van der Waals surface area contributed by atoms with Gasteiger partial charge in [-0.1, -0.05) is 19.3 Å². The lowest BCUT2D eigenvalue weighted by Crippen LogP contribution is -2.60. The van der Waals surface area contributed by atoms with Gasteiger partial charge < -0.3 is 10.2 Å². The molecule has 1 heterocycles. The lowest BCUT2D eigenvalue weighted by atomic mass is 9.80. The third kappa shape index (κ3) is 3.04. The van der Waals surface area contributed by atoms with Crippen molar-refractivity contribution in [2.75, 3.05) is 33.7 Å². The summed E-state index contributed by atoms with van der Waals surface area (Å²) >= 11 is 0. The summed E-state index contributed by atoms with van der Waals surface area (Å²) in [6.07, 6.45) is 5.45. The molecule has 2 fully saturated rings. The second-order valence-electron chi connectivity index (χ2n) is 6.07. The molecule has 0 aromatic heterocycles. The molecule has 0 radical (unpaired) electrons. The topological polar surface area (TPSA) is 35.6 Å². The zero-order chi connectivity index (χ0) is 13.1. The van der Waals surface area contributed by atoms with Gasteiger partial charge in [-0.2, -0.15) is 0 Å². The summed E-state index contributed by atoms with van der Waals surface area (Å²) in [6.45, 7) is 5.09. The van der Waals surface area contributed by atoms with Crippen LogP contribution in [0.25, 0.3) is 0 Å². The third-order valence-corrected chi connectivity index (χ3v) is 4.48. The lowest BCUT2D eigenvalue weighted by molar-refractivity contribution is -0.136. The monoisotopic (exact) mass is 253 g/mol. The van der Waals surface area contributed by atoms with Crippen molar-refractivity contribution in [3.8, 4) is 0 Å². The number of likely N-dealkylation sites (N-methyl/N-ethyl adjacent to an activating group) is 1. The van der Waals surface area contributed by atoms with Gasteiger partial charge in [0, 0.05) is 39.8 Å². The number of hydrogen-bond acceptors (Lipinski definition) is 3. The van der Waals surface area contributed by atoms with E-state index in [-0.39, 0.29) is 11.9 Å². The van der Waals surface area contributed by atoms with Crippen molar-refractivity contribution < 1.29 is 4.79 Å². The van der Waals surface area contributed by atoms with Crippen LogP contribution in [-0.4, -0.2) is 61.5 Å². The summed E-state index contributed by atoms with van der Waals surface area (Å²) in [7, 11) is 3.71. The van der Waals surface area contributed by atoms with E-state index in [9.17, 15) is 4.79 Å². The molecule has 1 N–H and O–H groups in total. The SMILES string of the molecule is CC(CC1CCC1)N1CCNCC1C(=O)N(C)C. The number of nitrogens with zero attached hydrogens (tertiary/aromatic N) is 2. The molecule has 2 atom stereocenters. The number of amides is 1. The highest BCUT2D eigenvalue weighted by atomic mass is 16.2. The molecule has 1 aliphatic carbocycles. The summed E-state index contributed by atoms with van der Waals surface area (Å²) in [5.74, 6) is 1.15. The molecule has 0 aromatic carbocycles. The average Bonchev–Trinajstić information content (AvgIpc) is 2.32. The van der Waals surface area contributed by atoms with Gasteiger partial charge in [-0.15, -0.1) is 0 Å². The Hall–Kier alpha value is -0.610. The Balaban J connectivity index is 1.95. The molecule has 0 spiro atoms. The molecule has 4 nitrogen and oxygen atoms in total. The number of hydrogen-bond donors (Lipinski definition) is 1. The second-order valence-corrected chi connectivity index (χ2v) is 6.07. The molecule has 1 saturated heterocycles. The molecule has 1 aliphatic heterocycles. The molecular formula is C14H27N3O. The zero-order valence-corrected chi connectivity index (χ0v) is 12.0. The number of carbonyl (C=O) groups is 1. The smallest absolute Gasteiger partial charge is 0.240 e. The van der Waals surface area contributed by atoms with Crippen molar-refractivity contribution >= 4 is 5.91 Å². The van der Waals surface area contributed by atoms with Gasteiger partial charge in [-0.3, -0.25) is 9.69 Å². The first-order chi connectivity index (χ1) is 8.59. The Kier molecular flexibility index (Phi) is 4.62. The van der Waals surface area contributed by atoms with Crippen molar-refractivity contribution in [2.24, 2.45) is 5.92 Å². The van der Waals surface area contributed by atoms with E-state index in [0.717, 1.165) is 25.6 Å². The number of carbonyl (C=O) groups excluding carboxylic acids is 1. The van der Waals surface area contributed by atoms with E-state index >= 15 is 0 Å². The molecule has 2 aliphatic rings. The van der Waals surface area contributed by atoms with Gasteiger partial charge >= 0.3 is 0 Å². The van der Waals surface area contributed by atoms with Crippen LogP contribution in [0.1, 0.15) is 32.6 Å². The standard InChI is InChI=1S/C14H27N3O/c1-11(9-12-5-4-6-12)17-8-7-15-10-13(17)14(18)16(2)3/h11-13,15H,4-10H2,1-3H3. The number of nitrogens with one attached hydrogen (secondary N) is 1. The molecule has 1 amide bonds. The predicted molar refractivity (Wildman–Crippen MR) is 73.5 cm³/mol. The quantitative estimate of drug-likeness (QED) is 0.809. The van der Waals surface area contributed by atoms with Crippen molar-refractivity contribution in [2.45, 2.75) is 44.7 Å². The molecule has 4 heteroatoms. The predicted octanol–water partition coefficient (Wildman–Crippen LogP) is 0.927. The van der Waals surface area contributed by atoms with Crippen LogP contribution in [0.3, 0.4) is 0 Å². The molecule has 1 saturated carbocycles. The van der Waals surface area contributed by atoms with Gasteiger partial charge in [0.25, 0.3) is 0 Å². The Morgan fingerprint density at radius 1 is 1.44 bits per heavy atom. The fourth-order valence-corrected chi connectivity index (χ4v) is 3.12. The summed E-state index contributed by atoms with van der Waals surface area (Å²) in [4.78, 5) is 16.4. The average molecular weight is 253 g/mol. The van der Waals surface area contributed by atoms with E-state index in [1.165, 1.54) is 25.7 Å². The van der Waals surface area contributed by atoms with Crippen molar-refractivity contribution in [3.63, 3.8) is 0 Å². The maximum atomic E-state index is 12.2. The van der Waals surface area contributed by atoms with Crippen LogP contribution in [0.15, 0.2) is 0 Å². The van der Waals surface area contributed by atoms with Crippen LogP contribution in [0, 0.1) is 5.92 Å². The summed E-state index contributed by atoms with van der Waals surface area (Å²) < 4.78 is 0. The molecule has 104 valence electrons. The van der Waals surface area contributed by atoms with E-state index in [1.807, 2.05) is 14.1 Å². The normalized spacial score (nSPS) is 27.6. The van der Waals surface area contributed by atoms with Crippen molar-refractivity contribution in [1.82, 2.24) is 15.1 Å². The molecule has 0 aromatic rings. The van der Waals surface area contributed by atoms with Crippen LogP contribution in [0.4, 0.5) is 0 Å². The largest absolute Gasteiger partial charge is 0.347 e. The first-order valence-electron chi connectivity index (χ1n) is 7.27. The van der Waals surface area contributed by atoms with Crippen molar-refractivity contribution in [3.05, 3.63) is 0 Å². The van der Waals surface area contributed by atoms with Crippen LogP contribution in [-0.2, 0) is 4.79 Å². The Morgan fingerprint density at radius 2 is 2.17 bits per heavy atom. The Labute approximate surface area is 111 Å². The zero-order valence-electron chi connectivity index (χ0n) is 12.0. The summed E-state index contributed by atoms with van der Waals surface area (Å²) in [6, 6.07) is 0.565. The Bertz CT molecular complexity index is 289. The lowest BCUT2D eigenvalue weighted by Gasteiger charge is -2.42. The fourth-order valence-electron chi connectivity index (χ4n) is 3.12. The van der Waals surface area contributed by atoms with Gasteiger partial charge in [0.2, 0.25) is 5.91 Å². The van der Waals surface area contributed by atoms with Crippen LogP contribution < -0.4 is 5.32 Å². The first-order valence-corrected chi connectivity index (χ1v) is 7.27. The number of piperazine rings is 1. The van der Waals surface area contributed by atoms with Crippen molar-refractivity contribution in [1.29, 1.82) is 0 Å². The van der Waals surface area contributed by atoms with Crippen LogP contribution in [0.5, 0.6) is 0 Å². The van der Waals surface area contributed by atoms with E-state index in [0.29, 0.717) is 6.04 Å². The third-order valence-electron chi connectivity index (χ3n) is 4.48. The van der Waals surface area contributed by atoms with Crippen LogP contribution >= 0.6 is 0 Å². The van der Waals surface area contributed by atoms with Gasteiger partial charge in [-0.25, -0.2) is 0 Å². The highest BCUT2D eigenvalue weighted by Gasteiger charge is 2.34.